The van der Waals surface area contributed by atoms with Gasteiger partial charge < -0.3 is 15.2 Å². The molecule has 5 heteroatoms. The Labute approximate surface area is 127 Å². The summed E-state index contributed by atoms with van der Waals surface area (Å²) in [5.74, 6) is 0.780. The number of nitrogens with two attached hydrogens (primary N) is 1. The maximum Gasteiger partial charge on any atom is 0.348 e. The second kappa shape index (κ2) is 5.77. The van der Waals surface area contributed by atoms with Crippen LogP contribution in [0, 0.1) is 6.92 Å². The van der Waals surface area contributed by atoms with Gasteiger partial charge >= 0.3 is 5.97 Å². The Hall–Kier alpha value is -2.01. The molecule has 0 bridgehead atoms. The van der Waals surface area contributed by atoms with E-state index in [9.17, 15) is 4.79 Å². The number of esters is 1. The average Bonchev–Trinajstić information content (AvgIpc) is 2.84. The van der Waals surface area contributed by atoms with Crippen molar-refractivity contribution >= 4 is 23.0 Å². The largest absolute Gasteiger partial charge is 0.493 e. The molecule has 1 aliphatic rings. The molecular weight excluding hydrogens is 286 g/mol. The Morgan fingerprint density at radius 3 is 3.05 bits per heavy atom. The molecule has 0 aliphatic carbocycles. The summed E-state index contributed by atoms with van der Waals surface area (Å²) in [4.78, 5) is 13.6. The highest BCUT2D eigenvalue weighted by molar-refractivity contribution is 7.14. The topological polar surface area (TPSA) is 61.5 Å². The zero-order valence-electron chi connectivity index (χ0n) is 11.8. The van der Waals surface area contributed by atoms with Crippen LogP contribution in [0.3, 0.4) is 0 Å². The van der Waals surface area contributed by atoms with Crippen molar-refractivity contribution < 1.29 is 14.3 Å². The van der Waals surface area contributed by atoms with Gasteiger partial charge in [0, 0.05) is 22.0 Å². The van der Waals surface area contributed by atoms with E-state index in [1.165, 1.54) is 11.3 Å². The minimum absolute atomic E-state index is 0.192. The molecule has 0 radical (unpaired) electrons. The molecule has 1 atom stereocenters. The van der Waals surface area contributed by atoms with Gasteiger partial charge in [-0.15, -0.1) is 11.3 Å². The molecule has 0 spiro atoms. The summed E-state index contributed by atoms with van der Waals surface area (Å²) in [7, 11) is 0. The van der Waals surface area contributed by atoms with E-state index in [1.54, 1.807) is 6.07 Å². The van der Waals surface area contributed by atoms with E-state index in [1.807, 2.05) is 31.2 Å². The average molecular weight is 303 g/mol. The smallest absolute Gasteiger partial charge is 0.348 e. The number of nitrogen functional groups attached to an aromatic ring is 1. The summed E-state index contributed by atoms with van der Waals surface area (Å²) in [5.41, 5.74) is 7.52. The molecule has 2 N–H and O–H groups in total. The Bertz CT molecular complexity index is 646. The molecule has 0 saturated heterocycles. The first kappa shape index (κ1) is 13.9. The number of ether oxygens (including phenoxy) is 2. The molecule has 2 aromatic rings. The number of rotatable bonds is 3. The molecule has 3 rings (SSSR count). The fraction of sp³-hybridized carbons (Fsp3) is 0.312. The molecule has 2 heterocycles. The van der Waals surface area contributed by atoms with Gasteiger partial charge in [0.25, 0.3) is 0 Å². The maximum atomic E-state index is 12.1. The van der Waals surface area contributed by atoms with Crippen LogP contribution in [-0.4, -0.2) is 19.2 Å². The van der Waals surface area contributed by atoms with Gasteiger partial charge in [-0.3, -0.25) is 0 Å². The second-order valence-corrected chi connectivity index (χ2v) is 6.35. The van der Waals surface area contributed by atoms with Crippen molar-refractivity contribution in [3.8, 4) is 5.75 Å². The third kappa shape index (κ3) is 2.88. The van der Waals surface area contributed by atoms with Crippen molar-refractivity contribution in [2.24, 2.45) is 0 Å². The van der Waals surface area contributed by atoms with Crippen molar-refractivity contribution in [3.05, 3.63) is 45.6 Å². The summed E-state index contributed by atoms with van der Waals surface area (Å²) < 4.78 is 11.1. The zero-order valence-corrected chi connectivity index (χ0v) is 12.6. The third-order valence-corrected chi connectivity index (χ3v) is 4.70. The lowest BCUT2D eigenvalue weighted by molar-refractivity contribution is 0.0465. The lowest BCUT2D eigenvalue weighted by Crippen LogP contribution is -2.19. The van der Waals surface area contributed by atoms with Crippen LogP contribution < -0.4 is 10.5 Å². The maximum absolute atomic E-state index is 12.1. The molecule has 1 unspecified atom stereocenters. The van der Waals surface area contributed by atoms with Gasteiger partial charge in [0.1, 0.15) is 10.6 Å². The SMILES string of the molecule is Cc1sc(C(=O)OCC2CCOc3ccccc32)cc1N. The van der Waals surface area contributed by atoms with Crippen LogP contribution in [0.1, 0.15) is 32.5 Å². The summed E-state index contributed by atoms with van der Waals surface area (Å²) in [5, 5.41) is 0. The predicted octanol–water partition coefficient (Wildman–Crippen LogP) is 3.36. The molecule has 1 aromatic carbocycles. The van der Waals surface area contributed by atoms with Crippen molar-refractivity contribution in [1.82, 2.24) is 0 Å². The summed E-state index contributed by atoms with van der Waals surface area (Å²) in [6, 6.07) is 9.59. The number of anilines is 1. The number of carbonyl (C=O) groups is 1. The zero-order chi connectivity index (χ0) is 14.8. The van der Waals surface area contributed by atoms with Crippen molar-refractivity contribution in [2.45, 2.75) is 19.3 Å². The van der Waals surface area contributed by atoms with E-state index in [0.29, 0.717) is 23.8 Å². The number of benzene rings is 1. The van der Waals surface area contributed by atoms with Crippen molar-refractivity contribution in [3.63, 3.8) is 0 Å². The number of carbonyl (C=O) groups excluding carboxylic acids is 1. The van der Waals surface area contributed by atoms with E-state index < -0.39 is 0 Å². The fourth-order valence-electron chi connectivity index (χ4n) is 2.43. The summed E-state index contributed by atoms with van der Waals surface area (Å²) in [6.45, 7) is 2.92. The van der Waals surface area contributed by atoms with E-state index >= 15 is 0 Å². The summed E-state index contributed by atoms with van der Waals surface area (Å²) >= 11 is 1.37. The predicted molar refractivity (Wildman–Crippen MR) is 83.0 cm³/mol. The van der Waals surface area contributed by atoms with Gasteiger partial charge in [-0.1, -0.05) is 18.2 Å². The quantitative estimate of drug-likeness (QED) is 0.883. The first-order valence-electron chi connectivity index (χ1n) is 6.90. The van der Waals surface area contributed by atoms with Crippen LogP contribution in [0.15, 0.2) is 30.3 Å². The molecular formula is C16H17NO3S. The van der Waals surface area contributed by atoms with Crippen LogP contribution in [0.4, 0.5) is 5.69 Å². The number of hydrogen-bond donors (Lipinski definition) is 1. The van der Waals surface area contributed by atoms with Crippen molar-refractivity contribution in [1.29, 1.82) is 0 Å². The van der Waals surface area contributed by atoms with E-state index in [2.05, 4.69) is 0 Å². The van der Waals surface area contributed by atoms with Crippen LogP contribution in [0.2, 0.25) is 0 Å². The van der Waals surface area contributed by atoms with Crippen LogP contribution >= 0.6 is 11.3 Å². The van der Waals surface area contributed by atoms with E-state index in [0.717, 1.165) is 22.6 Å². The first-order chi connectivity index (χ1) is 10.1. The fourth-order valence-corrected chi connectivity index (χ4v) is 3.27. The van der Waals surface area contributed by atoms with Crippen LogP contribution in [0.5, 0.6) is 5.75 Å². The number of fused-ring (bicyclic) bond motifs is 1. The number of thiophene rings is 1. The third-order valence-electron chi connectivity index (χ3n) is 3.66. The molecule has 21 heavy (non-hydrogen) atoms. The standard InChI is InChI=1S/C16H17NO3S/c1-10-13(17)8-15(21-10)16(18)20-9-11-6-7-19-14-5-3-2-4-12(11)14/h2-5,8,11H,6-7,9,17H2,1H3. The van der Waals surface area contributed by atoms with Crippen LogP contribution in [-0.2, 0) is 4.74 Å². The van der Waals surface area contributed by atoms with Gasteiger partial charge in [-0.2, -0.15) is 0 Å². The highest BCUT2D eigenvalue weighted by Crippen LogP contribution is 2.33. The molecule has 1 aliphatic heterocycles. The van der Waals surface area contributed by atoms with Gasteiger partial charge in [0.2, 0.25) is 0 Å². The Morgan fingerprint density at radius 2 is 2.29 bits per heavy atom. The highest BCUT2D eigenvalue weighted by atomic mass is 32.1. The molecule has 4 nitrogen and oxygen atoms in total. The Balaban J connectivity index is 1.67. The first-order valence-corrected chi connectivity index (χ1v) is 7.71. The minimum Gasteiger partial charge on any atom is -0.493 e. The van der Waals surface area contributed by atoms with E-state index in [4.69, 9.17) is 15.2 Å². The Kier molecular flexibility index (Phi) is 3.84. The van der Waals surface area contributed by atoms with Gasteiger partial charge in [-0.25, -0.2) is 4.79 Å². The molecule has 0 saturated carbocycles. The van der Waals surface area contributed by atoms with E-state index in [-0.39, 0.29) is 11.9 Å². The second-order valence-electron chi connectivity index (χ2n) is 5.09. The van der Waals surface area contributed by atoms with Crippen LogP contribution in [0.25, 0.3) is 0 Å². The molecule has 1 aromatic heterocycles. The van der Waals surface area contributed by atoms with Crippen molar-refractivity contribution in [2.75, 3.05) is 18.9 Å². The monoisotopic (exact) mass is 303 g/mol. The van der Waals surface area contributed by atoms with Gasteiger partial charge in [0.15, 0.2) is 0 Å². The normalized spacial score (nSPS) is 16.9. The lowest BCUT2D eigenvalue weighted by Gasteiger charge is -2.25. The van der Waals surface area contributed by atoms with Gasteiger partial charge in [-0.05, 0) is 25.5 Å². The summed E-state index contributed by atoms with van der Waals surface area (Å²) in [6.07, 6.45) is 0.857. The number of para-hydroxylation sites is 1. The molecule has 0 amide bonds. The lowest BCUT2D eigenvalue weighted by atomic mass is 9.94. The minimum atomic E-state index is -0.302. The van der Waals surface area contributed by atoms with Gasteiger partial charge in [0.05, 0.1) is 13.2 Å². The Morgan fingerprint density at radius 1 is 1.48 bits per heavy atom. The molecule has 110 valence electrons. The number of aryl methyl sites for hydroxylation is 1. The molecule has 0 fully saturated rings. The highest BCUT2D eigenvalue weighted by Gasteiger charge is 2.23. The number of hydrogen-bond acceptors (Lipinski definition) is 5.